The molecule has 0 saturated carbocycles. The summed E-state index contributed by atoms with van der Waals surface area (Å²) in [7, 11) is 0. The van der Waals surface area contributed by atoms with Crippen LogP contribution in [-0.4, -0.2) is 30.3 Å². The third-order valence-corrected chi connectivity index (χ3v) is 5.41. The van der Waals surface area contributed by atoms with Crippen molar-refractivity contribution in [1.29, 1.82) is 0 Å². The Hall–Kier alpha value is -3.35. The van der Waals surface area contributed by atoms with Gasteiger partial charge >= 0.3 is 0 Å². The molecule has 0 heterocycles. The Morgan fingerprint density at radius 3 is 2.28 bits per heavy atom. The molecule has 0 bridgehead atoms. The maximum absolute atomic E-state index is 13.0. The van der Waals surface area contributed by atoms with Crippen LogP contribution in [0.1, 0.15) is 28.4 Å². The van der Waals surface area contributed by atoms with Crippen molar-refractivity contribution in [2.45, 2.75) is 25.3 Å². The van der Waals surface area contributed by atoms with Crippen LogP contribution in [0, 0.1) is 5.82 Å². The highest BCUT2D eigenvalue weighted by atomic mass is 19.1. The van der Waals surface area contributed by atoms with Gasteiger partial charge in [0.05, 0.1) is 12.1 Å². The Morgan fingerprint density at radius 2 is 1.62 bits per heavy atom. The van der Waals surface area contributed by atoms with E-state index < -0.39 is 5.54 Å². The number of amides is 1. The zero-order chi connectivity index (χ0) is 23.1. The van der Waals surface area contributed by atoms with Gasteiger partial charge < -0.3 is 16.8 Å². The van der Waals surface area contributed by atoms with E-state index in [4.69, 9.17) is 11.5 Å². The zero-order valence-corrected chi connectivity index (χ0v) is 18.1. The Balaban J connectivity index is 1.61. The number of nitrogens with one attached hydrogen (secondary N) is 1. The molecule has 0 spiro atoms. The van der Waals surface area contributed by atoms with Crippen molar-refractivity contribution in [2.24, 2.45) is 11.5 Å². The second kappa shape index (κ2) is 10.3. The van der Waals surface area contributed by atoms with Gasteiger partial charge in [-0.05, 0) is 66.3 Å². The number of benzene rings is 3. The lowest BCUT2D eigenvalue weighted by molar-refractivity contribution is -0.122. The molecule has 5 N–H and O–H groups in total. The molecule has 3 aromatic rings. The Kier molecular flexibility index (Phi) is 7.51. The molecule has 166 valence electrons. The van der Waals surface area contributed by atoms with Gasteiger partial charge in [-0.3, -0.25) is 9.59 Å². The number of nitrogens with two attached hydrogens (primary N) is 2. The minimum atomic E-state index is -1.01. The first-order valence-electron chi connectivity index (χ1n) is 10.5. The van der Waals surface area contributed by atoms with E-state index in [1.54, 1.807) is 31.2 Å². The smallest absolute Gasteiger partial charge is 0.251 e. The molecule has 0 fully saturated rings. The average molecular weight is 434 g/mol. The van der Waals surface area contributed by atoms with Crippen LogP contribution in [0.4, 0.5) is 4.39 Å². The lowest BCUT2D eigenvalue weighted by atomic mass is 9.88. The summed E-state index contributed by atoms with van der Waals surface area (Å²) < 4.78 is 13.0. The lowest BCUT2D eigenvalue weighted by Gasteiger charge is -2.22. The van der Waals surface area contributed by atoms with Crippen LogP contribution >= 0.6 is 0 Å². The molecular weight excluding hydrogens is 405 g/mol. The quantitative estimate of drug-likeness (QED) is 0.482. The zero-order valence-electron chi connectivity index (χ0n) is 18.1. The number of ketones is 1. The minimum absolute atomic E-state index is 0.0832. The summed E-state index contributed by atoms with van der Waals surface area (Å²) in [5, 5.41) is 2.88. The van der Waals surface area contributed by atoms with Crippen LogP contribution in [0.3, 0.4) is 0 Å². The topological polar surface area (TPSA) is 98.2 Å². The van der Waals surface area contributed by atoms with E-state index in [1.165, 1.54) is 12.1 Å². The number of Topliss-reactive ketones (excluding diaryl/α,β-unsaturated/α-hetero) is 1. The second-order valence-electron chi connectivity index (χ2n) is 8.13. The van der Waals surface area contributed by atoms with E-state index in [9.17, 15) is 14.0 Å². The summed E-state index contributed by atoms with van der Waals surface area (Å²) in [4.78, 5) is 24.4. The van der Waals surface area contributed by atoms with E-state index >= 15 is 0 Å². The summed E-state index contributed by atoms with van der Waals surface area (Å²) in [6.07, 6.45) is 1.02. The molecule has 5 nitrogen and oxygen atoms in total. The molecule has 0 aliphatic heterocycles. The molecule has 3 rings (SSSR count). The molecule has 0 radical (unpaired) electrons. The SMILES string of the molecule is CC(N)(Cc1cccc(-c2ccc(C(=O)NCCc3ccc(F)cc3)cc2)c1)C(=O)CN. The molecule has 1 atom stereocenters. The molecule has 0 aromatic heterocycles. The third-order valence-electron chi connectivity index (χ3n) is 5.41. The number of hydrogen-bond donors (Lipinski definition) is 3. The predicted molar refractivity (Wildman–Crippen MR) is 125 cm³/mol. The molecule has 0 saturated heterocycles. The van der Waals surface area contributed by atoms with Gasteiger partial charge in [-0.25, -0.2) is 4.39 Å². The maximum Gasteiger partial charge on any atom is 0.251 e. The molecule has 6 heteroatoms. The highest BCUT2D eigenvalue weighted by molar-refractivity contribution is 5.94. The van der Waals surface area contributed by atoms with Gasteiger partial charge in [-0.15, -0.1) is 0 Å². The van der Waals surface area contributed by atoms with Gasteiger partial charge in [0.25, 0.3) is 5.91 Å². The second-order valence-corrected chi connectivity index (χ2v) is 8.13. The molecule has 0 aliphatic rings. The first kappa shape index (κ1) is 23.3. The van der Waals surface area contributed by atoms with Crippen molar-refractivity contribution in [2.75, 3.05) is 13.1 Å². The number of carbonyl (C=O) groups excluding carboxylic acids is 2. The number of halogens is 1. The molecule has 1 amide bonds. The predicted octanol–water partition coefficient (Wildman–Crippen LogP) is 3.25. The number of hydrogen-bond acceptors (Lipinski definition) is 4. The molecule has 0 aliphatic carbocycles. The van der Waals surface area contributed by atoms with Crippen LogP contribution in [0.25, 0.3) is 11.1 Å². The lowest BCUT2D eigenvalue weighted by Crippen LogP contribution is -2.49. The maximum atomic E-state index is 13.0. The number of rotatable bonds is 9. The van der Waals surface area contributed by atoms with Crippen LogP contribution in [-0.2, 0) is 17.6 Å². The van der Waals surface area contributed by atoms with E-state index in [0.717, 1.165) is 22.3 Å². The first-order valence-corrected chi connectivity index (χ1v) is 10.5. The summed E-state index contributed by atoms with van der Waals surface area (Å²) >= 11 is 0. The Morgan fingerprint density at radius 1 is 0.938 bits per heavy atom. The monoisotopic (exact) mass is 433 g/mol. The number of carbonyl (C=O) groups is 2. The average Bonchev–Trinajstić information content (AvgIpc) is 2.79. The van der Waals surface area contributed by atoms with Gasteiger partial charge in [0.2, 0.25) is 0 Å². The normalized spacial score (nSPS) is 12.8. The Labute approximate surface area is 187 Å². The van der Waals surface area contributed by atoms with Crippen molar-refractivity contribution >= 4 is 11.7 Å². The minimum Gasteiger partial charge on any atom is -0.352 e. The van der Waals surface area contributed by atoms with E-state index in [2.05, 4.69) is 5.32 Å². The summed E-state index contributed by atoms with van der Waals surface area (Å²) in [5.74, 6) is -0.617. The molecule has 32 heavy (non-hydrogen) atoms. The molecule has 1 unspecified atom stereocenters. The van der Waals surface area contributed by atoms with Gasteiger partial charge in [-0.1, -0.05) is 48.5 Å². The van der Waals surface area contributed by atoms with E-state index in [1.807, 2.05) is 36.4 Å². The van der Waals surface area contributed by atoms with E-state index in [-0.39, 0.29) is 24.1 Å². The Bertz CT molecular complexity index is 1080. The van der Waals surface area contributed by atoms with Crippen LogP contribution < -0.4 is 16.8 Å². The highest BCUT2D eigenvalue weighted by Gasteiger charge is 2.27. The largest absolute Gasteiger partial charge is 0.352 e. The van der Waals surface area contributed by atoms with Crippen molar-refractivity contribution in [3.05, 3.63) is 95.3 Å². The van der Waals surface area contributed by atoms with Crippen molar-refractivity contribution < 1.29 is 14.0 Å². The van der Waals surface area contributed by atoms with Gasteiger partial charge in [0.15, 0.2) is 5.78 Å². The van der Waals surface area contributed by atoms with Crippen molar-refractivity contribution in [3.8, 4) is 11.1 Å². The summed E-state index contributed by atoms with van der Waals surface area (Å²) in [5.41, 5.74) is 15.0. The van der Waals surface area contributed by atoms with Crippen molar-refractivity contribution in [3.63, 3.8) is 0 Å². The van der Waals surface area contributed by atoms with Gasteiger partial charge in [-0.2, -0.15) is 0 Å². The highest BCUT2D eigenvalue weighted by Crippen LogP contribution is 2.23. The van der Waals surface area contributed by atoms with Crippen LogP contribution in [0.2, 0.25) is 0 Å². The molecular formula is C26H28FN3O2. The molecule has 3 aromatic carbocycles. The van der Waals surface area contributed by atoms with Crippen LogP contribution in [0.5, 0.6) is 0 Å². The summed E-state index contributed by atoms with van der Waals surface area (Å²) in [6, 6.07) is 21.4. The van der Waals surface area contributed by atoms with E-state index in [0.29, 0.717) is 24.9 Å². The first-order chi connectivity index (χ1) is 15.3. The van der Waals surface area contributed by atoms with Crippen LogP contribution in [0.15, 0.2) is 72.8 Å². The van der Waals surface area contributed by atoms with Crippen molar-refractivity contribution in [1.82, 2.24) is 5.32 Å². The summed E-state index contributed by atoms with van der Waals surface area (Å²) in [6.45, 7) is 2.08. The fourth-order valence-corrected chi connectivity index (χ4v) is 3.50. The standard InChI is InChI=1S/C26H28FN3O2/c1-26(29,24(31)17-28)16-19-3-2-4-22(15-19)20-7-9-21(10-8-20)25(32)30-14-13-18-5-11-23(27)12-6-18/h2-12,15H,13-14,16-17,28-29H2,1H3,(H,30,32). The fourth-order valence-electron chi connectivity index (χ4n) is 3.50. The van der Waals surface area contributed by atoms with Gasteiger partial charge in [0, 0.05) is 12.1 Å². The third kappa shape index (κ3) is 6.09. The van der Waals surface area contributed by atoms with Gasteiger partial charge in [0.1, 0.15) is 5.82 Å². The fraction of sp³-hybridized carbons (Fsp3) is 0.231.